The monoisotopic (exact) mass is 411 g/mol. The van der Waals surface area contributed by atoms with Crippen LogP contribution in [0.15, 0.2) is 66.3 Å². The average molecular weight is 411 g/mol. The summed E-state index contributed by atoms with van der Waals surface area (Å²) in [6.45, 7) is 1.87. The fourth-order valence-corrected chi connectivity index (χ4v) is 3.60. The lowest BCUT2D eigenvalue weighted by molar-refractivity contribution is 0.454. The minimum Gasteiger partial charge on any atom is -0.438 e. The maximum atomic E-state index is 12.3. The van der Waals surface area contributed by atoms with E-state index >= 15 is 0 Å². The van der Waals surface area contributed by atoms with Gasteiger partial charge in [-0.15, -0.1) is 10.2 Å². The summed E-state index contributed by atoms with van der Waals surface area (Å²) >= 11 is 0. The van der Waals surface area contributed by atoms with Gasteiger partial charge < -0.3 is 9.30 Å². The fraction of sp³-hybridized carbons (Fsp3) is 0.111. The minimum absolute atomic E-state index is 0.0520. The van der Waals surface area contributed by atoms with Gasteiger partial charge >= 0.3 is 0 Å². The van der Waals surface area contributed by atoms with E-state index in [1.54, 1.807) is 65.0 Å². The maximum Gasteiger partial charge on any atom is 0.280 e. The summed E-state index contributed by atoms with van der Waals surface area (Å²) in [4.78, 5) is 8.00. The summed E-state index contributed by atoms with van der Waals surface area (Å²) in [6.07, 6.45) is 6.33. The Morgan fingerprint density at radius 3 is 2.41 bits per heavy atom. The molecule has 11 heteroatoms. The number of nitrogens with one attached hydrogen (secondary N) is 1. The van der Waals surface area contributed by atoms with Gasteiger partial charge in [-0.2, -0.15) is 8.42 Å². The molecule has 0 saturated carbocycles. The Kier molecular flexibility index (Phi) is 4.72. The topological polar surface area (TPSA) is 117 Å². The molecule has 0 bridgehead atoms. The lowest BCUT2D eigenvalue weighted by Crippen LogP contribution is -2.13. The molecule has 0 atom stereocenters. The molecule has 0 aliphatic heterocycles. The highest BCUT2D eigenvalue weighted by Gasteiger charge is 2.17. The molecule has 29 heavy (non-hydrogen) atoms. The third-order valence-corrected chi connectivity index (χ3v) is 5.25. The van der Waals surface area contributed by atoms with E-state index in [1.165, 1.54) is 12.5 Å². The van der Waals surface area contributed by atoms with Crippen molar-refractivity contribution in [3.63, 3.8) is 0 Å². The van der Waals surface area contributed by atoms with Crippen LogP contribution in [0.1, 0.15) is 5.82 Å². The highest BCUT2D eigenvalue weighted by atomic mass is 32.2. The molecule has 1 N–H and O–H groups in total. The summed E-state index contributed by atoms with van der Waals surface area (Å²) in [7, 11) is -2.05. The number of anilines is 1. The molecule has 4 rings (SSSR count). The minimum atomic E-state index is -3.75. The van der Waals surface area contributed by atoms with E-state index in [0.717, 1.165) is 5.82 Å². The summed E-state index contributed by atoms with van der Waals surface area (Å²) < 4.78 is 36.1. The van der Waals surface area contributed by atoms with Crippen LogP contribution in [0.4, 0.5) is 5.69 Å². The molecule has 0 spiro atoms. The van der Waals surface area contributed by atoms with Crippen LogP contribution in [0, 0.1) is 6.92 Å². The predicted molar refractivity (Wildman–Crippen MR) is 104 cm³/mol. The Hall–Kier alpha value is -3.73. The van der Waals surface area contributed by atoms with E-state index in [0.29, 0.717) is 23.1 Å². The molecule has 0 amide bonds. The molecule has 0 aliphatic carbocycles. The van der Waals surface area contributed by atoms with Gasteiger partial charge in [-0.05, 0) is 37.3 Å². The van der Waals surface area contributed by atoms with Crippen LogP contribution < -0.4 is 9.46 Å². The Balaban J connectivity index is 1.44. The van der Waals surface area contributed by atoms with Gasteiger partial charge in [-0.3, -0.25) is 9.29 Å². The number of hydrogen-bond acceptors (Lipinski definition) is 7. The molecule has 0 fully saturated rings. The van der Waals surface area contributed by atoms with Crippen LogP contribution in [0.5, 0.6) is 11.6 Å². The van der Waals surface area contributed by atoms with Crippen molar-refractivity contribution in [1.82, 2.24) is 29.3 Å². The first-order valence-corrected chi connectivity index (χ1v) is 10.0. The quantitative estimate of drug-likeness (QED) is 0.517. The molecule has 3 heterocycles. The predicted octanol–water partition coefficient (Wildman–Crippen LogP) is 2.30. The van der Waals surface area contributed by atoms with Crippen molar-refractivity contribution in [2.24, 2.45) is 7.05 Å². The van der Waals surface area contributed by atoms with Crippen molar-refractivity contribution in [2.75, 3.05) is 4.72 Å². The van der Waals surface area contributed by atoms with Gasteiger partial charge in [-0.1, -0.05) is 0 Å². The number of benzene rings is 1. The number of hydrogen-bond donors (Lipinski definition) is 1. The fourth-order valence-electron chi connectivity index (χ4n) is 2.56. The third-order valence-electron chi connectivity index (χ3n) is 3.98. The smallest absolute Gasteiger partial charge is 0.280 e. The summed E-state index contributed by atoms with van der Waals surface area (Å²) in [6, 6.07) is 9.91. The molecule has 1 aromatic carbocycles. The SMILES string of the molecule is Cc1nccn1-c1ccc(Oc2ccc(NS(=O)(=O)c3cn(C)cn3)cc2)nn1. The lowest BCUT2D eigenvalue weighted by atomic mass is 10.3. The van der Waals surface area contributed by atoms with Gasteiger partial charge in [0, 0.05) is 37.4 Å². The van der Waals surface area contributed by atoms with Crippen molar-refractivity contribution in [3.8, 4) is 17.4 Å². The second-order valence-corrected chi connectivity index (χ2v) is 7.81. The molecular weight excluding hydrogens is 394 g/mol. The molecule has 0 aliphatic rings. The number of nitrogens with zero attached hydrogens (tertiary/aromatic N) is 6. The van der Waals surface area contributed by atoms with Crippen molar-refractivity contribution in [1.29, 1.82) is 0 Å². The van der Waals surface area contributed by atoms with Gasteiger partial charge in [0.15, 0.2) is 10.8 Å². The first-order chi connectivity index (χ1) is 13.9. The second kappa shape index (κ2) is 7.36. The molecule has 10 nitrogen and oxygen atoms in total. The summed E-state index contributed by atoms with van der Waals surface area (Å²) in [5.41, 5.74) is 0.389. The van der Waals surface area contributed by atoms with Gasteiger partial charge in [0.2, 0.25) is 5.88 Å². The summed E-state index contributed by atoms with van der Waals surface area (Å²) in [5.74, 6) is 2.24. The van der Waals surface area contributed by atoms with Gasteiger partial charge in [-0.25, -0.2) is 9.97 Å². The van der Waals surface area contributed by atoms with Crippen molar-refractivity contribution in [3.05, 3.63) is 67.1 Å². The zero-order valence-electron chi connectivity index (χ0n) is 15.6. The maximum absolute atomic E-state index is 12.3. The highest BCUT2D eigenvalue weighted by Crippen LogP contribution is 2.23. The van der Waals surface area contributed by atoms with E-state index in [2.05, 4.69) is 24.9 Å². The molecule has 0 unspecified atom stereocenters. The molecule has 148 valence electrons. The summed E-state index contributed by atoms with van der Waals surface area (Å²) in [5, 5.41) is 8.13. The Bertz CT molecular complexity index is 1230. The van der Waals surface area contributed by atoms with Gasteiger partial charge in [0.25, 0.3) is 10.0 Å². The van der Waals surface area contributed by atoms with Crippen LogP contribution in [0.2, 0.25) is 0 Å². The number of aryl methyl sites for hydroxylation is 2. The number of rotatable bonds is 6. The van der Waals surface area contributed by atoms with Crippen LogP contribution in [0.25, 0.3) is 5.82 Å². The third kappa shape index (κ3) is 4.09. The van der Waals surface area contributed by atoms with E-state index < -0.39 is 10.0 Å². The average Bonchev–Trinajstić information content (AvgIpc) is 3.33. The van der Waals surface area contributed by atoms with E-state index in [4.69, 9.17) is 4.74 Å². The molecular formula is C18H17N7O3S. The van der Waals surface area contributed by atoms with E-state index in [1.807, 2.05) is 6.92 Å². The number of imidazole rings is 2. The Morgan fingerprint density at radius 1 is 1.03 bits per heavy atom. The second-order valence-electron chi connectivity index (χ2n) is 6.18. The Labute approximate surface area is 166 Å². The van der Waals surface area contributed by atoms with E-state index in [-0.39, 0.29) is 5.03 Å². The molecule has 3 aromatic heterocycles. The van der Waals surface area contributed by atoms with Crippen LogP contribution >= 0.6 is 0 Å². The van der Waals surface area contributed by atoms with Crippen molar-refractivity contribution >= 4 is 15.7 Å². The molecule has 0 saturated heterocycles. The standard InChI is InChI=1S/C18H17N7O3S/c1-13-19-9-10-25(13)16-7-8-17(22-21-16)28-15-5-3-14(4-6-15)23-29(26,27)18-11-24(2)12-20-18/h3-12,23H,1-2H3. The van der Waals surface area contributed by atoms with Crippen molar-refractivity contribution in [2.45, 2.75) is 11.9 Å². The van der Waals surface area contributed by atoms with Crippen LogP contribution in [0.3, 0.4) is 0 Å². The van der Waals surface area contributed by atoms with Gasteiger partial charge in [0.05, 0.1) is 6.33 Å². The first-order valence-electron chi connectivity index (χ1n) is 8.53. The first kappa shape index (κ1) is 18.6. The van der Waals surface area contributed by atoms with Gasteiger partial charge in [0.1, 0.15) is 11.6 Å². The molecule has 4 aromatic rings. The molecule has 0 radical (unpaired) electrons. The highest BCUT2D eigenvalue weighted by molar-refractivity contribution is 7.92. The van der Waals surface area contributed by atoms with Crippen LogP contribution in [-0.4, -0.2) is 37.7 Å². The normalized spacial score (nSPS) is 11.4. The number of sulfonamides is 1. The van der Waals surface area contributed by atoms with Crippen molar-refractivity contribution < 1.29 is 13.2 Å². The zero-order chi connectivity index (χ0) is 20.4. The van der Waals surface area contributed by atoms with Crippen LogP contribution in [-0.2, 0) is 17.1 Å². The van der Waals surface area contributed by atoms with E-state index in [9.17, 15) is 8.42 Å². The number of ether oxygens (including phenoxy) is 1. The number of aromatic nitrogens is 6. The Morgan fingerprint density at radius 2 is 1.83 bits per heavy atom. The largest absolute Gasteiger partial charge is 0.438 e. The zero-order valence-corrected chi connectivity index (χ0v) is 16.4. The lowest BCUT2D eigenvalue weighted by Gasteiger charge is -2.08.